The summed E-state index contributed by atoms with van der Waals surface area (Å²) in [6.45, 7) is 0. The van der Waals surface area contributed by atoms with E-state index in [1.165, 1.54) is 57.8 Å². The second-order valence-electron chi connectivity index (χ2n) is 7.77. The zero-order valence-corrected chi connectivity index (χ0v) is 12.7. The van der Waals surface area contributed by atoms with Crippen LogP contribution in [-0.2, 0) is 9.09 Å². The lowest BCUT2D eigenvalue weighted by molar-refractivity contribution is -0.104. The minimum Gasteiger partial charge on any atom is -0.139 e. The first-order valence-corrected chi connectivity index (χ1v) is 9.63. The molecule has 19 heavy (non-hydrogen) atoms. The lowest BCUT2D eigenvalue weighted by Gasteiger charge is -2.53. The highest BCUT2D eigenvalue weighted by atomic mass is 31.1. The molecular formula is C16H26O2P+. The van der Waals surface area contributed by atoms with Crippen LogP contribution >= 0.6 is 8.03 Å². The van der Waals surface area contributed by atoms with Crippen molar-refractivity contribution in [2.75, 3.05) is 0 Å². The molecule has 0 aromatic carbocycles. The predicted molar refractivity (Wildman–Crippen MR) is 76.5 cm³/mol. The molecule has 106 valence electrons. The van der Waals surface area contributed by atoms with Gasteiger partial charge in [0.15, 0.2) is 5.66 Å². The van der Waals surface area contributed by atoms with Crippen molar-refractivity contribution in [1.29, 1.82) is 0 Å². The van der Waals surface area contributed by atoms with Crippen LogP contribution in [-0.4, -0.2) is 11.3 Å². The van der Waals surface area contributed by atoms with Crippen LogP contribution in [0.2, 0.25) is 0 Å². The highest BCUT2D eigenvalue weighted by Gasteiger charge is 2.56. The summed E-state index contributed by atoms with van der Waals surface area (Å²) in [6.07, 6.45) is 14.1. The molecule has 0 saturated heterocycles. The van der Waals surface area contributed by atoms with Gasteiger partial charge in [-0.1, -0.05) is 6.42 Å². The third-order valence-corrected chi connectivity index (χ3v) is 7.82. The lowest BCUT2D eigenvalue weighted by atomic mass is 9.54. The van der Waals surface area contributed by atoms with Gasteiger partial charge in [0.1, 0.15) is 5.60 Å². The van der Waals surface area contributed by atoms with E-state index in [0.29, 0.717) is 5.66 Å². The molecule has 0 heterocycles. The zero-order chi connectivity index (χ0) is 12.9. The van der Waals surface area contributed by atoms with Gasteiger partial charge in [-0.3, -0.25) is 0 Å². The summed E-state index contributed by atoms with van der Waals surface area (Å²) in [4.78, 5) is 0. The Kier molecular flexibility index (Phi) is 3.23. The van der Waals surface area contributed by atoms with Crippen LogP contribution in [0.15, 0.2) is 0 Å². The molecule has 5 saturated carbocycles. The van der Waals surface area contributed by atoms with Crippen molar-refractivity contribution in [1.82, 2.24) is 0 Å². The van der Waals surface area contributed by atoms with Crippen molar-refractivity contribution in [3.05, 3.63) is 0 Å². The van der Waals surface area contributed by atoms with E-state index >= 15 is 0 Å². The van der Waals surface area contributed by atoms with Crippen LogP contribution < -0.4 is 0 Å². The molecule has 1 unspecified atom stereocenters. The average molecular weight is 281 g/mol. The van der Waals surface area contributed by atoms with Crippen LogP contribution in [0.3, 0.4) is 0 Å². The van der Waals surface area contributed by atoms with Crippen molar-refractivity contribution in [2.24, 2.45) is 17.8 Å². The van der Waals surface area contributed by atoms with Gasteiger partial charge in [-0.2, -0.15) is 0 Å². The average Bonchev–Trinajstić information content (AvgIpc) is 2.37. The molecule has 5 aliphatic carbocycles. The Morgan fingerprint density at radius 2 is 1.37 bits per heavy atom. The largest absolute Gasteiger partial charge is 0.511 e. The molecule has 5 fully saturated rings. The predicted octanol–water partition coefficient (Wildman–Crippen LogP) is 5.05. The minimum absolute atomic E-state index is 0.0413. The molecule has 0 spiro atoms. The number of rotatable bonds is 3. The summed E-state index contributed by atoms with van der Waals surface area (Å²) >= 11 is 0. The van der Waals surface area contributed by atoms with Crippen molar-refractivity contribution in [2.45, 2.75) is 81.9 Å². The second-order valence-corrected chi connectivity index (χ2v) is 9.25. The van der Waals surface area contributed by atoms with E-state index in [0.717, 1.165) is 30.6 Å². The van der Waals surface area contributed by atoms with Gasteiger partial charge in [0.2, 0.25) is 0 Å². The first-order chi connectivity index (χ1) is 9.22. The molecule has 0 aliphatic heterocycles. The first kappa shape index (κ1) is 12.8. The van der Waals surface area contributed by atoms with Crippen molar-refractivity contribution >= 4 is 8.03 Å². The lowest BCUT2D eigenvalue weighted by Crippen LogP contribution is -2.51. The Hall–Kier alpha value is 0.0600. The van der Waals surface area contributed by atoms with E-state index in [1.54, 1.807) is 0 Å². The van der Waals surface area contributed by atoms with E-state index in [9.17, 15) is 4.57 Å². The van der Waals surface area contributed by atoms with E-state index < -0.39 is 8.03 Å². The van der Waals surface area contributed by atoms with Gasteiger partial charge in [-0.25, -0.2) is 0 Å². The molecule has 2 nitrogen and oxygen atoms in total. The van der Waals surface area contributed by atoms with Gasteiger partial charge in [-0.05, 0) is 86.5 Å². The van der Waals surface area contributed by atoms with Gasteiger partial charge < -0.3 is 0 Å². The molecule has 5 aliphatic rings. The first-order valence-electron chi connectivity index (χ1n) is 8.38. The Morgan fingerprint density at radius 3 is 1.89 bits per heavy atom. The molecule has 0 aromatic heterocycles. The van der Waals surface area contributed by atoms with Crippen LogP contribution in [0, 0.1) is 17.8 Å². The number of hydrogen-bond acceptors (Lipinski definition) is 2. The monoisotopic (exact) mass is 281 g/mol. The molecule has 0 amide bonds. The smallest absolute Gasteiger partial charge is 0.139 e. The summed E-state index contributed by atoms with van der Waals surface area (Å²) in [5.74, 6) is 2.67. The molecule has 3 heteroatoms. The Balaban J connectivity index is 1.45. The van der Waals surface area contributed by atoms with Gasteiger partial charge in [0.05, 0.1) is 0 Å². The molecule has 4 bridgehead atoms. The minimum atomic E-state index is -1.41. The highest BCUT2D eigenvalue weighted by molar-refractivity contribution is 7.40. The summed E-state index contributed by atoms with van der Waals surface area (Å²) < 4.78 is 18.9. The Morgan fingerprint density at radius 1 is 0.842 bits per heavy atom. The quantitative estimate of drug-likeness (QED) is 0.677. The van der Waals surface area contributed by atoms with E-state index in [2.05, 4.69) is 0 Å². The number of hydrogen-bond donors (Lipinski definition) is 0. The van der Waals surface area contributed by atoms with Gasteiger partial charge in [0.25, 0.3) is 0 Å². The summed E-state index contributed by atoms with van der Waals surface area (Å²) in [5, 5.41) is 0. The third-order valence-electron chi connectivity index (χ3n) is 6.14. The van der Waals surface area contributed by atoms with E-state index in [-0.39, 0.29) is 5.60 Å². The Labute approximate surface area is 117 Å². The third kappa shape index (κ3) is 2.40. The SMILES string of the molecule is O=[P+](OC12CC3CC(CC(C3)C1)C2)C1CCCCC1. The maximum Gasteiger partial charge on any atom is 0.511 e. The van der Waals surface area contributed by atoms with Gasteiger partial charge >= 0.3 is 8.03 Å². The van der Waals surface area contributed by atoms with Crippen molar-refractivity contribution in [3.8, 4) is 0 Å². The summed E-state index contributed by atoms with van der Waals surface area (Å²) in [6, 6.07) is 0. The molecule has 0 N–H and O–H groups in total. The highest BCUT2D eigenvalue weighted by Crippen LogP contribution is 2.60. The van der Waals surface area contributed by atoms with Gasteiger partial charge in [-0.15, -0.1) is 4.52 Å². The van der Waals surface area contributed by atoms with Crippen LogP contribution in [0.4, 0.5) is 0 Å². The van der Waals surface area contributed by atoms with Crippen molar-refractivity contribution < 1.29 is 9.09 Å². The maximum atomic E-state index is 12.6. The Bertz CT molecular complexity index is 338. The second kappa shape index (κ2) is 4.81. The standard InChI is InChI=1S/C16H26O2P/c17-19(15-4-2-1-3-5-15)18-16-9-12-6-13(10-16)8-14(7-12)11-16/h12-15H,1-11H2/q+1. The van der Waals surface area contributed by atoms with E-state index in [4.69, 9.17) is 4.52 Å². The normalized spacial score (nSPS) is 46.5. The fourth-order valence-corrected chi connectivity index (χ4v) is 7.24. The van der Waals surface area contributed by atoms with Crippen LogP contribution in [0.5, 0.6) is 0 Å². The van der Waals surface area contributed by atoms with Crippen LogP contribution in [0.1, 0.15) is 70.6 Å². The summed E-state index contributed by atoms with van der Waals surface area (Å²) in [7, 11) is -1.41. The molecule has 0 aromatic rings. The van der Waals surface area contributed by atoms with E-state index in [1.807, 2.05) is 0 Å². The van der Waals surface area contributed by atoms with Crippen LogP contribution in [0.25, 0.3) is 0 Å². The molecule has 1 atom stereocenters. The van der Waals surface area contributed by atoms with Gasteiger partial charge in [0, 0.05) is 0 Å². The fourth-order valence-electron chi connectivity index (χ4n) is 5.70. The molecule has 0 radical (unpaired) electrons. The molecule has 5 rings (SSSR count). The zero-order valence-electron chi connectivity index (χ0n) is 11.9. The fraction of sp³-hybridized carbons (Fsp3) is 1.00. The maximum absolute atomic E-state index is 12.6. The summed E-state index contributed by atoms with van der Waals surface area (Å²) in [5.41, 5.74) is 0.413. The topological polar surface area (TPSA) is 26.3 Å². The molecular weight excluding hydrogens is 255 g/mol. The van der Waals surface area contributed by atoms with Crippen molar-refractivity contribution in [3.63, 3.8) is 0 Å².